The zero-order valence-electron chi connectivity index (χ0n) is 9.46. The van der Waals surface area contributed by atoms with Crippen LogP contribution >= 0.6 is 0 Å². The van der Waals surface area contributed by atoms with Gasteiger partial charge in [0, 0.05) is 65.4 Å². The van der Waals surface area contributed by atoms with E-state index in [9.17, 15) is 0 Å². The zero-order valence-corrected chi connectivity index (χ0v) is 15.1. The van der Waals surface area contributed by atoms with E-state index >= 15 is 0 Å². The number of hydrogen-bond donors (Lipinski definition) is 0. The molecular formula is C12H16Y2-4. The molecule has 0 aliphatic carbocycles. The molecule has 0 bridgehead atoms. The fraction of sp³-hybridized carbons (Fsp3) is 0.333. The van der Waals surface area contributed by atoms with Crippen LogP contribution in [0.4, 0.5) is 0 Å². The first kappa shape index (κ1) is 24.4. The summed E-state index contributed by atoms with van der Waals surface area (Å²) in [5, 5.41) is 0. The molecule has 0 spiro atoms. The molecule has 0 rings (SSSR count). The van der Waals surface area contributed by atoms with Crippen LogP contribution in [0.5, 0.6) is 0 Å². The fourth-order valence-electron chi connectivity index (χ4n) is 0.167. The average Bonchev–Trinajstić information content (AvgIpc) is 2.16. The van der Waals surface area contributed by atoms with Crippen LogP contribution < -0.4 is 0 Å². The molecule has 0 aliphatic heterocycles. The van der Waals surface area contributed by atoms with Gasteiger partial charge in [0.2, 0.25) is 0 Å². The van der Waals surface area contributed by atoms with Crippen molar-refractivity contribution in [1.29, 1.82) is 0 Å². The molecule has 0 unspecified atom stereocenters. The summed E-state index contributed by atoms with van der Waals surface area (Å²) in [7, 11) is 0. The predicted octanol–water partition coefficient (Wildman–Crippen LogP) is 3.48. The van der Waals surface area contributed by atoms with Gasteiger partial charge in [0.25, 0.3) is 0 Å². The Bertz CT molecular complexity index is 166. The summed E-state index contributed by atoms with van der Waals surface area (Å²) in [6.07, 6.45) is 8.76. The third-order valence-corrected chi connectivity index (χ3v) is 1.29. The summed E-state index contributed by atoms with van der Waals surface area (Å²) in [6.45, 7) is 17.6. The van der Waals surface area contributed by atoms with Gasteiger partial charge in [-0.25, -0.2) is 0 Å². The quantitative estimate of drug-likeness (QED) is 0.534. The molecule has 74 valence electrons. The molecule has 0 heterocycles. The van der Waals surface area contributed by atoms with E-state index in [1.54, 1.807) is 0 Å². The Hall–Kier alpha value is 1.17. The molecule has 0 aromatic rings. The van der Waals surface area contributed by atoms with E-state index in [-0.39, 0.29) is 65.4 Å². The molecule has 0 amide bonds. The number of allylic oxidation sites excluding steroid dienone is 6. The van der Waals surface area contributed by atoms with Crippen molar-refractivity contribution in [3.05, 3.63) is 48.6 Å². The smallest absolute Gasteiger partial charge is 0 e. The Balaban J connectivity index is -0.0000000625. The SMILES string of the molecule is [CH-]=CC(C)=[C-]C.[CH-]=CC(C)=[C-]C.[Y].[Y]. The van der Waals surface area contributed by atoms with Gasteiger partial charge in [0.1, 0.15) is 0 Å². The van der Waals surface area contributed by atoms with Crippen molar-refractivity contribution < 1.29 is 65.4 Å². The Kier molecular flexibility index (Phi) is 34.3. The summed E-state index contributed by atoms with van der Waals surface area (Å²) < 4.78 is 0. The van der Waals surface area contributed by atoms with Crippen molar-refractivity contribution in [3.63, 3.8) is 0 Å². The molecule has 0 aromatic heterocycles. The second kappa shape index (κ2) is 19.7. The Labute approximate surface area is 140 Å². The first-order chi connectivity index (χ1) is 5.62. The Morgan fingerprint density at radius 3 is 1.07 bits per heavy atom. The van der Waals surface area contributed by atoms with Gasteiger partial charge in [0.15, 0.2) is 0 Å². The minimum absolute atomic E-state index is 0. The Morgan fingerprint density at radius 2 is 1.07 bits per heavy atom. The van der Waals surface area contributed by atoms with Crippen LogP contribution in [-0.4, -0.2) is 0 Å². The molecule has 0 fully saturated rings. The van der Waals surface area contributed by atoms with Gasteiger partial charge < -0.3 is 48.6 Å². The normalized spacial score (nSPS) is 9.71. The van der Waals surface area contributed by atoms with Crippen molar-refractivity contribution in [2.45, 2.75) is 27.7 Å². The topological polar surface area (TPSA) is 0 Å². The van der Waals surface area contributed by atoms with Crippen molar-refractivity contribution in [1.82, 2.24) is 0 Å². The third kappa shape index (κ3) is 23.2. The van der Waals surface area contributed by atoms with Gasteiger partial charge in [-0.1, -0.05) is 0 Å². The van der Waals surface area contributed by atoms with E-state index in [0.717, 1.165) is 11.1 Å². The van der Waals surface area contributed by atoms with Gasteiger partial charge in [-0.05, 0) is 0 Å². The molecule has 0 saturated heterocycles. The first-order valence-corrected chi connectivity index (χ1v) is 3.74. The Morgan fingerprint density at radius 1 is 0.857 bits per heavy atom. The van der Waals surface area contributed by atoms with Crippen LogP contribution in [0, 0.1) is 25.3 Å². The molecule has 0 atom stereocenters. The van der Waals surface area contributed by atoms with Gasteiger partial charge >= 0.3 is 0 Å². The van der Waals surface area contributed by atoms with Gasteiger partial charge in [-0.2, -0.15) is 0 Å². The summed E-state index contributed by atoms with van der Waals surface area (Å²) in [5.74, 6) is 0. The van der Waals surface area contributed by atoms with E-state index in [4.69, 9.17) is 13.2 Å². The van der Waals surface area contributed by atoms with Crippen molar-refractivity contribution in [2.75, 3.05) is 0 Å². The first-order valence-electron chi connectivity index (χ1n) is 3.74. The zero-order chi connectivity index (χ0) is 9.98. The van der Waals surface area contributed by atoms with Gasteiger partial charge in [0.05, 0.1) is 0 Å². The molecule has 0 saturated carbocycles. The minimum atomic E-state index is 0. The molecule has 14 heavy (non-hydrogen) atoms. The molecule has 0 aliphatic rings. The largest absolute Gasteiger partial charge is 0.394 e. The van der Waals surface area contributed by atoms with Gasteiger partial charge in [-0.3, -0.25) is 0 Å². The average molecular weight is 338 g/mol. The maximum atomic E-state index is 5.06. The maximum Gasteiger partial charge on any atom is 0 e. The van der Waals surface area contributed by atoms with Crippen LogP contribution in [0.15, 0.2) is 23.3 Å². The van der Waals surface area contributed by atoms with E-state index in [2.05, 4.69) is 12.2 Å². The van der Waals surface area contributed by atoms with Crippen molar-refractivity contribution in [3.8, 4) is 0 Å². The molecule has 2 heteroatoms. The van der Waals surface area contributed by atoms with Crippen LogP contribution in [-0.2, 0) is 65.4 Å². The van der Waals surface area contributed by atoms with Crippen LogP contribution in [0.25, 0.3) is 0 Å². The molecule has 2 radical (unpaired) electrons. The summed E-state index contributed by atoms with van der Waals surface area (Å²) in [4.78, 5) is 0. The van der Waals surface area contributed by atoms with Crippen LogP contribution in [0.1, 0.15) is 27.7 Å². The fourth-order valence-corrected chi connectivity index (χ4v) is 0.167. The summed E-state index contributed by atoms with van der Waals surface area (Å²) in [6, 6.07) is 0. The van der Waals surface area contributed by atoms with Crippen molar-refractivity contribution >= 4 is 0 Å². The second-order valence-corrected chi connectivity index (χ2v) is 2.20. The second-order valence-electron chi connectivity index (χ2n) is 2.20. The predicted molar refractivity (Wildman–Crippen MR) is 53.9 cm³/mol. The van der Waals surface area contributed by atoms with Gasteiger partial charge in [-0.15, -0.1) is 27.7 Å². The maximum absolute atomic E-state index is 5.06. The molecule has 0 aromatic carbocycles. The van der Waals surface area contributed by atoms with Crippen molar-refractivity contribution in [2.24, 2.45) is 0 Å². The number of hydrogen-bond acceptors (Lipinski definition) is 0. The van der Waals surface area contributed by atoms with Crippen LogP contribution in [0.2, 0.25) is 0 Å². The van der Waals surface area contributed by atoms with E-state index in [1.807, 2.05) is 27.7 Å². The molecule has 0 N–H and O–H groups in total. The number of rotatable bonds is 2. The minimum Gasteiger partial charge on any atom is -0.394 e. The standard InChI is InChI=1S/2C6H8.2Y/c2*1-4-6(3)5-2;;/h2*1,4H,2-3H3;;/q2*-2;;. The summed E-state index contributed by atoms with van der Waals surface area (Å²) in [5.41, 5.74) is 1.99. The third-order valence-electron chi connectivity index (χ3n) is 1.29. The molecular weight excluding hydrogens is 322 g/mol. The monoisotopic (exact) mass is 338 g/mol. The van der Waals surface area contributed by atoms with E-state index < -0.39 is 0 Å². The van der Waals surface area contributed by atoms with E-state index in [0.29, 0.717) is 0 Å². The summed E-state index contributed by atoms with van der Waals surface area (Å²) >= 11 is 0. The van der Waals surface area contributed by atoms with E-state index in [1.165, 1.54) is 12.2 Å². The molecule has 0 nitrogen and oxygen atoms in total. The van der Waals surface area contributed by atoms with Crippen LogP contribution in [0.3, 0.4) is 0 Å².